The molecule has 0 radical (unpaired) electrons. The van der Waals surface area contributed by atoms with Crippen molar-refractivity contribution in [1.82, 2.24) is 9.88 Å². The largest absolute Gasteiger partial charge is 0.503 e. The number of nitrogens with zero attached hydrogens (tertiary/aromatic N) is 2. The number of fused-ring (bicyclic) bond motifs is 1. The number of carbonyl (C=O) groups excluding carboxylic acids is 2. The Hall–Kier alpha value is -3.36. The molecule has 3 aromatic rings. The van der Waals surface area contributed by atoms with E-state index < -0.39 is 23.5 Å². The van der Waals surface area contributed by atoms with Crippen molar-refractivity contribution < 1.29 is 28.6 Å². The number of ether oxygens (including phenoxy) is 2. The maximum absolute atomic E-state index is 13.5. The predicted molar refractivity (Wildman–Crippen MR) is 122 cm³/mol. The van der Waals surface area contributed by atoms with Gasteiger partial charge in [0.15, 0.2) is 22.9 Å². The molecule has 1 aliphatic heterocycles. The van der Waals surface area contributed by atoms with E-state index in [0.29, 0.717) is 27.4 Å². The molecule has 1 N–H and O–H groups in total. The second-order valence-electron chi connectivity index (χ2n) is 7.80. The molecule has 4 rings (SSSR count). The third-order valence-corrected chi connectivity index (χ3v) is 5.51. The van der Waals surface area contributed by atoms with E-state index in [4.69, 9.17) is 25.5 Å². The van der Waals surface area contributed by atoms with Gasteiger partial charge in [0.25, 0.3) is 5.91 Å². The van der Waals surface area contributed by atoms with Crippen molar-refractivity contribution in [2.24, 2.45) is 0 Å². The lowest BCUT2D eigenvalue weighted by molar-refractivity contribution is -0.130. The molecule has 9 heteroatoms. The van der Waals surface area contributed by atoms with Gasteiger partial charge in [-0.3, -0.25) is 14.6 Å². The summed E-state index contributed by atoms with van der Waals surface area (Å²) in [6, 6.07) is 9.01. The lowest BCUT2D eigenvalue weighted by Gasteiger charge is -2.26. The van der Waals surface area contributed by atoms with Gasteiger partial charge in [-0.2, -0.15) is 0 Å². The standard InChI is InChI=1S/C24H23ClN2O6/c1-13(2)32-9-8-27-20(16-6-4-5-7-26-16)19(22(29)24(27)30)21(28)17-11-14-10-15(25)12-18(31-3)23(14)33-17/h4-7,10-13,20,29H,8-9H2,1-3H3. The lowest BCUT2D eigenvalue weighted by Crippen LogP contribution is -2.35. The number of carbonyl (C=O) groups is 2. The highest BCUT2D eigenvalue weighted by molar-refractivity contribution is 6.31. The molecule has 172 valence electrons. The van der Waals surface area contributed by atoms with Crippen LogP contribution in [0.4, 0.5) is 0 Å². The van der Waals surface area contributed by atoms with Crippen LogP contribution >= 0.6 is 11.6 Å². The van der Waals surface area contributed by atoms with Gasteiger partial charge >= 0.3 is 0 Å². The van der Waals surface area contributed by atoms with Crippen molar-refractivity contribution in [3.05, 3.63) is 70.4 Å². The van der Waals surface area contributed by atoms with Gasteiger partial charge in [-0.1, -0.05) is 17.7 Å². The minimum Gasteiger partial charge on any atom is -0.503 e. The molecule has 1 unspecified atom stereocenters. The van der Waals surface area contributed by atoms with E-state index in [0.717, 1.165) is 0 Å². The maximum atomic E-state index is 13.5. The molecule has 1 amide bonds. The fourth-order valence-corrected chi connectivity index (χ4v) is 4.05. The van der Waals surface area contributed by atoms with Crippen LogP contribution < -0.4 is 4.74 Å². The molecule has 1 aromatic carbocycles. The summed E-state index contributed by atoms with van der Waals surface area (Å²) in [5, 5.41) is 11.7. The van der Waals surface area contributed by atoms with Crippen LogP contribution in [0.3, 0.4) is 0 Å². The first-order valence-corrected chi connectivity index (χ1v) is 10.8. The first-order valence-electron chi connectivity index (χ1n) is 10.4. The third kappa shape index (κ3) is 4.31. The van der Waals surface area contributed by atoms with E-state index in [1.165, 1.54) is 18.1 Å². The minimum absolute atomic E-state index is 0.0315. The van der Waals surface area contributed by atoms with Crippen molar-refractivity contribution in [3.8, 4) is 5.75 Å². The van der Waals surface area contributed by atoms with Crippen LogP contribution in [0, 0.1) is 0 Å². The van der Waals surface area contributed by atoms with Crippen LogP contribution in [-0.2, 0) is 9.53 Å². The van der Waals surface area contributed by atoms with E-state index in [1.54, 1.807) is 36.5 Å². The number of aliphatic hydroxyl groups excluding tert-OH is 1. The Morgan fingerprint density at radius 3 is 2.76 bits per heavy atom. The Bertz CT molecular complexity index is 1230. The maximum Gasteiger partial charge on any atom is 0.290 e. The molecular weight excluding hydrogens is 448 g/mol. The third-order valence-electron chi connectivity index (χ3n) is 5.29. The molecule has 2 aromatic heterocycles. The fraction of sp³-hybridized carbons (Fsp3) is 0.292. The number of furan rings is 1. The highest BCUT2D eigenvalue weighted by atomic mass is 35.5. The topological polar surface area (TPSA) is 102 Å². The molecule has 0 saturated heterocycles. The Kier molecular flexibility index (Phi) is 6.40. The summed E-state index contributed by atoms with van der Waals surface area (Å²) in [5.41, 5.74) is 0.679. The highest BCUT2D eigenvalue weighted by Crippen LogP contribution is 2.40. The summed E-state index contributed by atoms with van der Waals surface area (Å²) in [4.78, 5) is 32.2. The second-order valence-corrected chi connectivity index (χ2v) is 8.24. The summed E-state index contributed by atoms with van der Waals surface area (Å²) in [6.07, 6.45) is 1.53. The second kappa shape index (κ2) is 9.25. The number of rotatable bonds is 8. The smallest absolute Gasteiger partial charge is 0.290 e. The predicted octanol–water partition coefficient (Wildman–Crippen LogP) is 4.49. The van der Waals surface area contributed by atoms with Crippen LogP contribution in [-0.4, -0.2) is 53.0 Å². The van der Waals surface area contributed by atoms with Gasteiger partial charge in [0.2, 0.25) is 5.78 Å². The summed E-state index contributed by atoms with van der Waals surface area (Å²) in [6.45, 7) is 4.17. The molecule has 33 heavy (non-hydrogen) atoms. The van der Waals surface area contributed by atoms with Crippen LogP contribution in [0.15, 0.2) is 58.3 Å². The van der Waals surface area contributed by atoms with E-state index in [-0.39, 0.29) is 30.6 Å². The molecule has 0 fully saturated rings. The number of hydrogen-bond acceptors (Lipinski definition) is 7. The SMILES string of the molecule is COc1cc(Cl)cc2cc(C(=O)C3=C(O)C(=O)N(CCOC(C)C)C3c3ccccn3)oc12. The van der Waals surface area contributed by atoms with Crippen molar-refractivity contribution in [1.29, 1.82) is 0 Å². The van der Waals surface area contributed by atoms with Crippen LogP contribution in [0.2, 0.25) is 5.02 Å². The number of amides is 1. The average molecular weight is 471 g/mol. The van der Waals surface area contributed by atoms with Crippen LogP contribution in [0.1, 0.15) is 36.1 Å². The van der Waals surface area contributed by atoms with Gasteiger partial charge in [0.1, 0.15) is 6.04 Å². The number of pyridine rings is 1. The molecule has 0 aliphatic carbocycles. The van der Waals surface area contributed by atoms with Crippen molar-refractivity contribution >= 4 is 34.3 Å². The van der Waals surface area contributed by atoms with E-state index in [9.17, 15) is 14.7 Å². The monoisotopic (exact) mass is 470 g/mol. The summed E-state index contributed by atoms with van der Waals surface area (Å²) >= 11 is 6.13. The Labute approximate surface area is 195 Å². The summed E-state index contributed by atoms with van der Waals surface area (Å²) in [5.74, 6) is -1.62. The number of aliphatic hydroxyl groups is 1. The van der Waals surface area contributed by atoms with E-state index >= 15 is 0 Å². The number of halogens is 1. The number of hydrogen-bond donors (Lipinski definition) is 1. The van der Waals surface area contributed by atoms with E-state index in [1.807, 2.05) is 13.8 Å². The molecule has 0 spiro atoms. The zero-order valence-electron chi connectivity index (χ0n) is 18.4. The molecule has 3 heterocycles. The number of methoxy groups -OCH3 is 1. The quantitative estimate of drug-likeness (QED) is 0.484. The van der Waals surface area contributed by atoms with Gasteiger partial charge < -0.3 is 23.9 Å². The number of benzene rings is 1. The van der Waals surface area contributed by atoms with Crippen LogP contribution in [0.5, 0.6) is 5.75 Å². The lowest BCUT2D eigenvalue weighted by atomic mass is 9.98. The van der Waals surface area contributed by atoms with Gasteiger partial charge in [0, 0.05) is 29.2 Å². The normalized spacial score (nSPS) is 16.3. The molecule has 1 atom stereocenters. The zero-order chi connectivity index (χ0) is 23.7. The van der Waals surface area contributed by atoms with Crippen molar-refractivity contribution in [3.63, 3.8) is 0 Å². The molecular formula is C24H23ClN2O6. The summed E-state index contributed by atoms with van der Waals surface area (Å²) < 4.78 is 16.7. The molecule has 1 aliphatic rings. The van der Waals surface area contributed by atoms with Crippen molar-refractivity contribution in [2.45, 2.75) is 26.0 Å². The number of aromatic nitrogens is 1. The Balaban J connectivity index is 1.76. The van der Waals surface area contributed by atoms with Crippen molar-refractivity contribution in [2.75, 3.05) is 20.3 Å². The summed E-state index contributed by atoms with van der Waals surface area (Å²) in [7, 11) is 1.47. The first-order chi connectivity index (χ1) is 15.8. The van der Waals surface area contributed by atoms with Gasteiger partial charge in [-0.05, 0) is 38.1 Å². The first kappa shape index (κ1) is 22.8. The highest BCUT2D eigenvalue weighted by Gasteiger charge is 2.45. The van der Waals surface area contributed by atoms with Gasteiger partial charge in [0.05, 0.1) is 31.1 Å². The Morgan fingerprint density at radius 2 is 2.09 bits per heavy atom. The van der Waals surface area contributed by atoms with Gasteiger partial charge in [-0.15, -0.1) is 0 Å². The fourth-order valence-electron chi connectivity index (χ4n) is 3.83. The Morgan fingerprint density at radius 1 is 1.30 bits per heavy atom. The minimum atomic E-state index is -0.888. The number of Topliss-reactive ketones (excluding diaryl/α,β-unsaturated/α-hetero) is 1. The van der Waals surface area contributed by atoms with Gasteiger partial charge in [-0.25, -0.2) is 0 Å². The van der Waals surface area contributed by atoms with E-state index in [2.05, 4.69) is 4.98 Å². The number of ketones is 1. The molecule has 0 bridgehead atoms. The average Bonchev–Trinajstić information content (AvgIpc) is 3.33. The molecule has 0 saturated carbocycles. The zero-order valence-corrected chi connectivity index (χ0v) is 19.1. The van der Waals surface area contributed by atoms with Crippen LogP contribution in [0.25, 0.3) is 11.0 Å². The molecule has 8 nitrogen and oxygen atoms in total.